The van der Waals surface area contributed by atoms with E-state index in [-0.39, 0.29) is 11.4 Å². The molecule has 0 aliphatic carbocycles. The molecule has 1 aromatic carbocycles. The number of benzene rings is 1. The van der Waals surface area contributed by atoms with Crippen molar-refractivity contribution in [3.05, 3.63) is 29.8 Å². The SMILES string of the molecule is CN1Cc2ccccc2N(CC(O)C(C)(C)C)C1=O. The Kier molecular flexibility index (Phi) is 3.54. The number of β-amino-alcohol motifs (C(OH)–C–C–N with tert-alkyl or cyclic N) is 1. The minimum Gasteiger partial charge on any atom is -0.391 e. The van der Waals surface area contributed by atoms with Crippen LogP contribution in [0.1, 0.15) is 26.3 Å². The molecule has 1 atom stereocenters. The summed E-state index contributed by atoms with van der Waals surface area (Å²) < 4.78 is 0. The summed E-state index contributed by atoms with van der Waals surface area (Å²) in [4.78, 5) is 15.6. The van der Waals surface area contributed by atoms with Crippen LogP contribution < -0.4 is 4.90 Å². The second-order valence-corrected chi connectivity index (χ2v) is 6.26. The maximum absolute atomic E-state index is 12.3. The normalized spacial score (nSPS) is 17.4. The van der Waals surface area contributed by atoms with E-state index in [4.69, 9.17) is 0 Å². The van der Waals surface area contributed by atoms with Gasteiger partial charge in [-0.3, -0.25) is 4.90 Å². The largest absolute Gasteiger partial charge is 0.391 e. The van der Waals surface area contributed by atoms with Crippen molar-refractivity contribution in [3.63, 3.8) is 0 Å². The molecule has 0 saturated heterocycles. The lowest BCUT2D eigenvalue weighted by Gasteiger charge is -2.38. The topological polar surface area (TPSA) is 43.8 Å². The van der Waals surface area contributed by atoms with Gasteiger partial charge in [-0.05, 0) is 17.0 Å². The number of para-hydroxylation sites is 1. The third-order valence-electron chi connectivity index (χ3n) is 3.60. The summed E-state index contributed by atoms with van der Waals surface area (Å²) in [6.45, 7) is 6.87. The summed E-state index contributed by atoms with van der Waals surface area (Å²) in [7, 11) is 1.79. The predicted octanol–water partition coefficient (Wildman–Crippen LogP) is 2.47. The van der Waals surface area contributed by atoms with Crippen LogP contribution in [0, 0.1) is 5.41 Å². The van der Waals surface area contributed by atoms with E-state index in [9.17, 15) is 9.90 Å². The average Bonchev–Trinajstić information content (AvgIpc) is 2.33. The van der Waals surface area contributed by atoms with E-state index < -0.39 is 6.10 Å². The maximum Gasteiger partial charge on any atom is 0.324 e. The highest BCUT2D eigenvalue weighted by Gasteiger charge is 2.32. The summed E-state index contributed by atoms with van der Waals surface area (Å²) >= 11 is 0. The molecule has 4 nitrogen and oxygen atoms in total. The van der Waals surface area contributed by atoms with Crippen LogP contribution in [0.2, 0.25) is 0 Å². The van der Waals surface area contributed by atoms with Crippen LogP contribution in [-0.4, -0.2) is 35.7 Å². The second kappa shape index (κ2) is 4.85. The van der Waals surface area contributed by atoms with Crippen LogP contribution >= 0.6 is 0 Å². The molecule has 2 amide bonds. The number of anilines is 1. The molecular weight excluding hydrogens is 240 g/mol. The Morgan fingerprint density at radius 2 is 1.95 bits per heavy atom. The van der Waals surface area contributed by atoms with E-state index in [2.05, 4.69) is 0 Å². The number of amides is 2. The van der Waals surface area contributed by atoms with Crippen molar-refractivity contribution >= 4 is 11.7 Å². The molecule has 19 heavy (non-hydrogen) atoms. The highest BCUT2D eigenvalue weighted by Crippen LogP contribution is 2.30. The van der Waals surface area contributed by atoms with Gasteiger partial charge in [0.15, 0.2) is 0 Å². The molecule has 0 bridgehead atoms. The van der Waals surface area contributed by atoms with E-state index >= 15 is 0 Å². The van der Waals surface area contributed by atoms with Gasteiger partial charge in [-0.25, -0.2) is 4.79 Å². The molecule has 1 N–H and O–H groups in total. The number of nitrogens with zero attached hydrogens (tertiary/aromatic N) is 2. The quantitative estimate of drug-likeness (QED) is 0.889. The van der Waals surface area contributed by atoms with E-state index in [1.165, 1.54) is 0 Å². The third-order valence-corrected chi connectivity index (χ3v) is 3.60. The van der Waals surface area contributed by atoms with Crippen LogP contribution in [0.4, 0.5) is 10.5 Å². The minimum atomic E-state index is -0.559. The number of carbonyl (C=O) groups is 1. The summed E-state index contributed by atoms with van der Waals surface area (Å²) in [5.41, 5.74) is 1.78. The first-order valence-electron chi connectivity index (χ1n) is 6.59. The molecule has 0 aromatic heterocycles. The number of aliphatic hydroxyl groups is 1. The van der Waals surface area contributed by atoms with Crippen molar-refractivity contribution in [2.75, 3.05) is 18.5 Å². The van der Waals surface area contributed by atoms with Crippen LogP contribution in [0.3, 0.4) is 0 Å². The number of urea groups is 1. The zero-order chi connectivity index (χ0) is 14.2. The number of aliphatic hydroxyl groups excluding tert-OH is 1. The Bertz CT molecular complexity index is 479. The highest BCUT2D eigenvalue weighted by atomic mass is 16.3. The molecule has 0 spiro atoms. The first-order chi connectivity index (χ1) is 8.80. The van der Waals surface area contributed by atoms with E-state index in [0.717, 1.165) is 11.3 Å². The zero-order valence-electron chi connectivity index (χ0n) is 12.1. The molecule has 0 saturated carbocycles. The second-order valence-electron chi connectivity index (χ2n) is 6.26. The first-order valence-corrected chi connectivity index (χ1v) is 6.59. The molecule has 1 aliphatic rings. The fourth-order valence-electron chi connectivity index (χ4n) is 2.16. The molecule has 0 fully saturated rings. The molecule has 0 radical (unpaired) electrons. The van der Waals surface area contributed by atoms with Crippen LogP contribution in [0.15, 0.2) is 24.3 Å². The highest BCUT2D eigenvalue weighted by molar-refractivity contribution is 5.94. The van der Waals surface area contributed by atoms with E-state index in [1.54, 1.807) is 16.8 Å². The number of hydrogen-bond acceptors (Lipinski definition) is 2. The van der Waals surface area contributed by atoms with Crippen molar-refractivity contribution in [2.24, 2.45) is 5.41 Å². The lowest BCUT2D eigenvalue weighted by Crippen LogP contribution is -2.50. The smallest absolute Gasteiger partial charge is 0.324 e. The zero-order valence-corrected chi connectivity index (χ0v) is 12.1. The van der Waals surface area contributed by atoms with Gasteiger partial charge in [0.25, 0.3) is 0 Å². The van der Waals surface area contributed by atoms with Gasteiger partial charge in [0.05, 0.1) is 18.3 Å². The number of fused-ring (bicyclic) bond motifs is 1. The molecule has 1 heterocycles. The lowest BCUT2D eigenvalue weighted by atomic mass is 9.88. The van der Waals surface area contributed by atoms with Gasteiger partial charge in [-0.15, -0.1) is 0 Å². The van der Waals surface area contributed by atoms with Crippen molar-refractivity contribution in [1.29, 1.82) is 0 Å². The number of rotatable bonds is 2. The van der Waals surface area contributed by atoms with Crippen molar-refractivity contribution in [2.45, 2.75) is 33.4 Å². The Labute approximate surface area is 114 Å². The Balaban J connectivity index is 2.31. The molecule has 1 aromatic rings. The third kappa shape index (κ3) is 2.73. The van der Waals surface area contributed by atoms with Crippen LogP contribution in [0.25, 0.3) is 0 Å². The van der Waals surface area contributed by atoms with Gasteiger partial charge >= 0.3 is 6.03 Å². The van der Waals surface area contributed by atoms with Gasteiger partial charge in [-0.1, -0.05) is 39.0 Å². The molecule has 104 valence electrons. The minimum absolute atomic E-state index is 0.0537. The van der Waals surface area contributed by atoms with Gasteiger partial charge in [0.1, 0.15) is 0 Å². The van der Waals surface area contributed by atoms with Gasteiger partial charge in [-0.2, -0.15) is 0 Å². The van der Waals surface area contributed by atoms with Crippen LogP contribution in [-0.2, 0) is 6.54 Å². The number of hydrogen-bond donors (Lipinski definition) is 1. The molecule has 1 unspecified atom stereocenters. The maximum atomic E-state index is 12.3. The summed E-state index contributed by atoms with van der Waals surface area (Å²) in [5, 5.41) is 10.3. The average molecular weight is 262 g/mol. The fourth-order valence-corrected chi connectivity index (χ4v) is 2.16. The standard InChI is InChI=1S/C15H22N2O2/c1-15(2,3)13(18)10-17-12-8-6-5-7-11(12)9-16(4)14(17)19/h5-8,13,18H,9-10H2,1-4H3. The van der Waals surface area contributed by atoms with Gasteiger partial charge in [0.2, 0.25) is 0 Å². The van der Waals surface area contributed by atoms with Crippen molar-refractivity contribution in [3.8, 4) is 0 Å². The van der Waals surface area contributed by atoms with Gasteiger partial charge < -0.3 is 10.0 Å². The van der Waals surface area contributed by atoms with Crippen molar-refractivity contribution < 1.29 is 9.90 Å². The summed E-state index contributed by atoms with van der Waals surface area (Å²) in [6.07, 6.45) is -0.559. The van der Waals surface area contributed by atoms with E-state index in [0.29, 0.717) is 13.1 Å². The molecule has 1 aliphatic heterocycles. The fraction of sp³-hybridized carbons (Fsp3) is 0.533. The predicted molar refractivity (Wildman–Crippen MR) is 76.1 cm³/mol. The molecule has 4 heteroatoms. The Morgan fingerprint density at radius 1 is 1.32 bits per heavy atom. The summed E-state index contributed by atoms with van der Waals surface area (Å²) in [5.74, 6) is 0. The number of carbonyl (C=O) groups excluding carboxylic acids is 1. The monoisotopic (exact) mass is 262 g/mol. The lowest BCUT2D eigenvalue weighted by molar-refractivity contribution is 0.0687. The van der Waals surface area contributed by atoms with E-state index in [1.807, 2.05) is 45.0 Å². The summed E-state index contributed by atoms with van der Waals surface area (Å²) in [6, 6.07) is 7.81. The molecule has 2 rings (SSSR count). The Hall–Kier alpha value is -1.55. The first kappa shape index (κ1) is 13.9. The van der Waals surface area contributed by atoms with Gasteiger partial charge in [0, 0.05) is 13.6 Å². The molecular formula is C15H22N2O2. The van der Waals surface area contributed by atoms with Crippen LogP contribution in [0.5, 0.6) is 0 Å². The Morgan fingerprint density at radius 3 is 2.58 bits per heavy atom. The van der Waals surface area contributed by atoms with Crippen molar-refractivity contribution in [1.82, 2.24) is 4.90 Å².